The molecule has 0 unspecified atom stereocenters. The Morgan fingerprint density at radius 3 is 3.06 bits per heavy atom. The van der Waals surface area contributed by atoms with Crippen LogP contribution in [0.1, 0.15) is 6.42 Å². The smallest absolute Gasteiger partial charge is 0.251 e. The molecule has 0 saturated carbocycles. The summed E-state index contributed by atoms with van der Waals surface area (Å²) in [6.45, 7) is 0.807. The first kappa shape index (κ1) is 11.7. The fourth-order valence-corrected chi connectivity index (χ4v) is 2.10. The average Bonchev–Trinajstić information content (AvgIpc) is 2.71. The summed E-state index contributed by atoms with van der Waals surface area (Å²) in [6.07, 6.45) is 4.29. The Bertz CT molecular complexity index is 535. The summed E-state index contributed by atoms with van der Waals surface area (Å²) in [7, 11) is 0. The van der Waals surface area contributed by atoms with Crippen LogP contribution in [-0.2, 0) is 6.54 Å². The number of nitrogen functional groups attached to an aromatic ring is 1. The number of nitrogens with zero attached hydrogens (tertiary/aromatic N) is 3. The molecule has 90 valence electrons. The van der Waals surface area contributed by atoms with E-state index in [4.69, 9.17) is 5.73 Å². The number of thioether (sulfide) groups is 1. The summed E-state index contributed by atoms with van der Waals surface area (Å²) >= 11 is 1.52. The highest BCUT2D eigenvalue weighted by Gasteiger charge is 1.98. The fraction of sp³-hybridized carbons (Fsp3) is 0.300. The molecule has 0 radical (unpaired) electrons. The zero-order chi connectivity index (χ0) is 12.1. The highest BCUT2D eigenvalue weighted by Crippen LogP contribution is 2.11. The molecule has 0 atom stereocenters. The summed E-state index contributed by atoms with van der Waals surface area (Å²) in [5, 5.41) is 4.73. The number of nitrogens with two attached hydrogens (primary N) is 1. The third-order valence-electron chi connectivity index (χ3n) is 2.08. The SMILES string of the molecule is Nc1ccn(CCCSc2nccc(=O)[nH]2)n1. The van der Waals surface area contributed by atoms with Gasteiger partial charge < -0.3 is 10.7 Å². The van der Waals surface area contributed by atoms with E-state index < -0.39 is 0 Å². The van der Waals surface area contributed by atoms with Gasteiger partial charge in [0.2, 0.25) is 0 Å². The lowest BCUT2D eigenvalue weighted by Gasteiger charge is -2.01. The molecule has 2 aromatic heterocycles. The number of H-pyrrole nitrogens is 1. The van der Waals surface area contributed by atoms with E-state index in [1.807, 2.05) is 6.20 Å². The second-order valence-corrected chi connectivity index (χ2v) is 4.53. The molecule has 0 amide bonds. The molecule has 2 heterocycles. The Morgan fingerprint density at radius 1 is 1.47 bits per heavy atom. The average molecular weight is 251 g/mol. The number of aryl methyl sites for hydroxylation is 1. The lowest BCUT2D eigenvalue weighted by atomic mass is 10.5. The van der Waals surface area contributed by atoms with Crippen LogP contribution in [0.3, 0.4) is 0 Å². The van der Waals surface area contributed by atoms with Crippen molar-refractivity contribution in [3.63, 3.8) is 0 Å². The maximum Gasteiger partial charge on any atom is 0.251 e. The van der Waals surface area contributed by atoms with Crippen LogP contribution in [0, 0.1) is 0 Å². The van der Waals surface area contributed by atoms with Crippen molar-refractivity contribution in [2.45, 2.75) is 18.1 Å². The summed E-state index contributed by atoms with van der Waals surface area (Å²) in [4.78, 5) is 17.7. The van der Waals surface area contributed by atoms with E-state index in [1.165, 1.54) is 24.0 Å². The maximum atomic E-state index is 11.0. The Morgan fingerprint density at radius 2 is 2.35 bits per heavy atom. The third kappa shape index (κ3) is 3.63. The van der Waals surface area contributed by atoms with Crippen molar-refractivity contribution in [2.75, 3.05) is 11.5 Å². The topological polar surface area (TPSA) is 89.6 Å². The predicted molar refractivity (Wildman–Crippen MR) is 66.8 cm³/mol. The second-order valence-electron chi connectivity index (χ2n) is 3.44. The van der Waals surface area contributed by atoms with Gasteiger partial charge in [-0.2, -0.15) is 5.10 Å². The lowest BCUT2D eigenvalue weighted by molar-refractivity contribution is 0.608. The summed E-state index contributed by atoms with van der Waals surface area (Å²) in [6, 6.07) is 3.17. The van der Waals surface area contributed by atoms with Gasteiger partial charge in [0.25, 0.3) is 5.56 Å². The minimum Gasteiger partial charge on any atom is -0.382 e. The van der Waals surface area contributed by atoms with Gasteiger partial charge >= 0.3 is 0 Å². The van der Waals surface area contributed by atoms with Crippen molar-refractivity contribution < 1.29 is 0 Å². The van der Waals surface area contributed by atoms with Crippen molar-refractivity contribution in [3.05, 3.63) is 34.9 Å². The highest BCUT2D eigenvalue weighted by molar-refractivity contribution is 7.99. The Balaban J connectivity index is 1.75. The second kappa shape index (κ2) is 5.53. The van der Waals surface area contributed by atoms with Gasteiger partial charge in [-0.25, -0.2) is 4.98 Å². The summed E-state index contributed by atoms with van der Waals surface area (Å²) in [5.74, 6) is 1.40. The van der Waals surface area contributed by atoms with E-state index in [9.17, 15) is 4.79 Å². The molecule has 0 aromatic carbocycles. The summed E-state index contributed by atoms with van der Waals surface area (Å²) < 4.78 is 1.80. The Labute approximate surface area is 102 Å². The molecule has 6 nitrogen and oxygen atoms in total. The minimum atomic E-state index is -0.123. The Kier molecular flexibility index (Phi) is 3.81. The van der Waals surface area contributed by atoms with Crippen LogP contribution in [0.2, 0.25) is 0 Å². The van der Waals surface area contributed by atoms with Crippen molar-refractivity contribution in [2.24, 2.45) is 0 Å². The van der Waals surface area contributed by atoms with Gasteiger partial charge in [0.15, 0.2) is 5.16 Å². The van der Waals surface area contributed by atoms with Gasteiger partial charge in [-0.05, 0) is 12.5 Å². The number of anilines is 1. The molecule has 2 rings (SSSR count). The standard InChI is InChI=1S/C10H13N5OS/c11-8-3-6-15(14-8)5-1-7-17-10-12-4-2-9(16)13-10/h2-4,6H,1,5,7H2,(H2,11,14)(H,12,13,16). The molecule has 3 N–H and O–H groups in total. The first-order valence-corrected chi connectivity index (χ1v) is 6.20. The fourth-order valence-electron chi connectivity index (χ4n) is 1.32. The molecule has 0 saturated heterocycles. The minimum absolute atomic E-state index is 0.123. The van der Waals surface area contributed by atoms with E-state index >= 15 is 0 Å². The van der Waals surface area contributed by atoms with Crippen molar-refractivity contribution in [1.29, 1.82) is 0 Å². The predicted octanol–water partition coefficient (Wildman–Crippen LogP) is 0.731. The quantitative estimate of drug-likeness (QED) is 0.464. The van der Waals surface area contributed by atoms with Crippen molar-refractivity contribution in [3.8, 4) is 0 Å². The molecular formula is C10H13N5OS. The van der Waals surface area contributed by atoms with Gasteiger partial charge in [0.05, 0.1) is 0 Å². The molecule has 17 heavy (non-hydrogen) atoms. The molecule has 0 spiro atoms. The number of rotatable bonds is 5. The Hall–Kier alpha value is -1.76. The van der Waals surface area contributed by atoms with Crippen LogP contribution in [0.15, 0.2) is 34.5 Å². The van der Waals surface area contributed by atoms with Gasteiger partial charge in [0.1, 0.15) is 5.82 Å². The number of nitrogens with one attached hydrogen (secondary N) is 1. The number of hydrogen-bond donors (Lipinski definition) is 2. The van der Waals surface area contributed by atoms with E-state index in [-0.39, 0.29) is 5.56 Å². The van der Waals surface area contributed by atoms with Crippen LogP contribution in [-0.4, -0.2) is 25.5 Å². The van der Waals surface area contributed by atoms with E-state index in [1.54, 1.807) is 10.7 Å². The number of aromatic amines is 1. The molecule has 7 heteroatoms. The van der Waals surface area contributed by atoms with Gasteiger partial charge in [0, 0.05) is 30.8 Å². The highest BCUT2D eigenvalue weighted by atomic mass is 32.2. The third-order valence-corrected chi connectivity index (χ3v) is 3.05. The van der Waals surface area contributed by atoms with Crippen LogP contribution >= 0.6 is 11.8 Å². The molecular weight excluding hydrogens is 238 g/mol. The zero-order valence-electron chi connectivity index (χ0n) is 9.17. The molecule has 0 aliphatic heterocycles. The monoisotopic (exact) mass is 251 g/mol. The van der Waals surface area contributed by atoms with Gasteiger partial charge in [-0.15, -0.1) is 0 Å². The van der Waals surface area contributed by atoms with Crippen LogP contribution < -0.4 is 11.3 Å². The number of aromatic nitrogens is 4. The first-order chi connectivity index (χ1) is 8.24. The lowest BCUT2D eigenvalue weighted by Crippen LogP contribution is -2.06. The number of hydrogen-bond acceptors (Lipinski definition) is 5. The van der Waals surface area contributed by atoms with Crippen LogP contribution in [0.5, 0.6) is 0 Å². The normalized spacial score (nSPS) is 10.6. The molecule has 0 fully saturated rings. The van der Waals surface area contributed by atoms with E-state index in [2.05, 4.69) is 15.1 Å². The van der Waals surface area contributed by atoms with Gasteiger partial charge in [-0.3, -0.25) is 9.48 Å². The molecule has 0 aliphatic rings. The van der Waals surface area contributed by atoms with E-state index in [0.717, 1.165) is 18.7 Å². The summed E-state index contributed by atoms with van der Waals surface area (Å²) in [5.41, 5.74) is 5.38. The van der Waals surface area contributed by atoms with E-state index in [0.29, 0.717) is 11.0 Å². The largest absolute Gasteiger partial charge is 0.382 e. The molecule has 0 bridgehead atoms. The maximum absolute atomic E-state index is 11.0. The van der Waals surface area contributed by atoms with Crippen molar-refractivity contribution >= 4 is 17.6 Å². The van der Waals surface area contributed by atoms with Crippen LogP contribution in [0.4, 0.5) is 5.82 Å². The van der Waals surface area contributed by atoms with Crippen molar-refractivity contribution in [1.82, 2.24) is 19.7 Å². The van der Waals surface area contributed by atoms with Gasteiger partial charge in [-0.1, -0.05) is 11.8 Å². The zero-order valence-corrected chi connectivity index (χ0v) is 9.98. The molecule has 2 aromatic rings. The van der Waals surface area contributed by atoms with Crippen LogP contribution in [0.25, 0.3) is 0 Å². The first-order valence-electron chi connectivity index (χ1n) is 5.21. The molecule has 0 aliphatic carbocycles.